The zero-order valence-corrected chi connectivity index (χ0v) is 19.0. The molecular weight excluding hydrogens is 457 g/mol. The highest BCUT2D eigenvalue weighted by Gasteiger charge is 2.36. The molecule has 3 rings (SSSR count). The van der Waals surface area contributed by atoms with Gasteiger partial charge in [-0.3, -0.25) is 19.3 Å². The van der Waals surface area contributed by atoms with E-state index in [0.717, 1.165) is 16.7 Å². The van der Waals surface area contributed by atoms with Gasteiger partial charge >= 0.3 is 5.97 Å². The number of halogens is 2. The van der Waals surface area contributed by atoms with E-state index in [1.165, 1.54) is 18.2 Å². The number of hydrogen-bond acceptors (Lipinski definition) is 6. The van der Waals surface area contributed by atoms with E-state index in [-0.39, 0.29) is 34.6 Å². The van der Waals surface area contributed by atoms with Crippen LogP contribution in [-0.4, -0.2) is 35.2 Å². The summed E-state index contributed by atoms with van der Waals surface area (Å²) in [6.45, 7) is 3.50. The van der Waals surface area contributed by atoms with Crippen LogP contribution in [0.3, 0.4) is 0 Å². The highest BCUT2D eigenvalue weighted by Crippen LogP contribution is 2.32. The van der Waals surface area contributed by atoms with Gasteiger partial charge in [0.15, 0.2) is 0 Å². The molecule has 0 aromatic heterocycles. The number of nitrogens with zero attached hydrogens (tertiary/aromatic N) is 1. The molecule has 9 heteroatoms. The van der Waals surface area contributed by atoms with Crippen molar-refractivity contribution in [2.75, 3.05) is 13.2 Å². The van der Waals surface area contributed by atoms with E-state index in [2.05, 4.69) is 0 Å². The van der Waals surface area contributed by atoms with E-state index in [1.54, 1.807) is 30.3 Å². The average Bonchev–Trinajstić information content (AvgIpc) is 2.99. The maximum Gasteiger partial charge on any atom is 0.326 e. The lowest BCUT2D eigenvalue weighted by molar-refractivity contribution is -0.147. The summed E-state index contributed by atoms with van der Waals surface area (Å²) in [5.74, 6) is -1.07. The van der Waals surface area contributed by atoms with Gasteiger partial charge in [-0.1, -0.05) is 43.6 Å². The number of imide groups is 1. The Bertz CT molecular complexity index is 1050. The molecule has 0 saturated carbocycles. The summed E-state index contributed by atoms with van der Waals surface area (Å²) in [6.07, 6.45) is 1.54. The third-order valence-corrected chi connectivity index (χ3v) is 5.60. The number of thioether (sulfide) groups is 1. The molecule has 0 atom stereocenters. The summed E-state index contributed by atoms with van der Waals surface area (Å²) in [4.78, 5) is 37.7. The van der Waals surface area contributed by atoms with Crippen molar-refractivity contribution in [3.63, 3.8) is 0 Å². The Kier molecular flexibility index (Phi) is 7.93. The standard InChI is InChI=1S/C23H21ClFNO5S/c1-14(2)12-31-21(27)11-26-22(28)20(32-23(26)29)10-15-5-3-6-16(9-15)30-13-17-18(24)7-4-8-19(17)25/h3-10,14H,11-13H2,1-2H3/b20-10+. The van der Waals surface area contributed by atoms with Gasteiger partial charge in [-0.2, -0.15) is 0 Å². The van der Waals surface area contributed by atoms with Crippen LogP contribution in [0.25, 0.3) is 6.08 Å². The van der Waals surface area contributed by atoms with Gasteiger partial charge in [0.2, 0.25) is 0 Å². The minimum atomic E-state index is -0.635. The average molecular weight is 478 g/mol. The number of benzene rings is 2. The van der Waals surface area contributed by atoms with Crippen molar-refractivity contribution in [3.8, 4) is 5.75 Å². The number of esters is 1. The van der Waals surface area contributed by atoms with E-state index < -0.39 is 29.5 Å². The highest BCUT2D eigenvalue weighted by atomic mass is 35.5. The van der Waals surface area contributed by atoms with E-state index in [0.29, 0.717) is 11.3 Å². The summed E-state index contributed by atoms with van der Waals surface area (Å²) in [5, 5.41) is -0.272. The Labute approximate surface area is 194 Å². The lowest BCUT2D eigenvalue weighted by Crippen LogP contribution is -2.34. The maximum atomic E-state index is 13.9. The summed E-state index contributed by atoms with van der Waals surface area (Å²) in [7, 11) is 0. The van der Waals surface area contributed by atoms with Gasteiger partial charge in [-0.25, -0.2) is 4.39 Å². The number of ether oxygens (including phenoxy) is 2. The molecule has 1 saturated heterocycles. The second-order valence-electron chi connectivity index (χ2n) is 7.41. The van der Waals surface area contributed by atoms with E-state index in [1.807, 2.05) is 13.8 Å². The molecule has 1 heterocycles. The smallest absolute Gasteiger partial charge is 0.326 e. The fraction of sp³-hybridized carbons (Fsp3) is 0.261. The molecule has 0 radical (unpaired) electrons. The molecule has 0 N–H and O–H groups in total. The first-order chi connectivity index (χ1) is 15.2. The van der Waals surface area contributed by atoms with Gasteiger partial charge in [0.1, 0.15) is 24.7 Å². The number of carbonyl (C=O) groups is 3. The lowest BCUT2D eigenvalue weighted by Gasteiger charge is -2.12. The number of hydrogen-bond donors (Lipinski definition) is 0. The highest BCUT2D eigenvalue weighted by molar-refractivity contribution is 8.18. The van der Waals surface area contributed by atoms with Crippen LogP contribution >= 0.6 is 23.4 Å². The Morgan fingerprint density at radius 3 is 2.69 bits per heavy atom. The van der Waals surface area contributed by atoms with Crippen LogP contribution in [0.2, 0.25) is 5.02 Å². The van der Waals surface area contributed by atoms with Crippen LogP contribution in [-0.2, 0) is 20.9 Å². The molecule has 2 aromatic carbocycles. The normalized spacial score (nSPS) is 15.0. The van der Waals surface area contributed by atoms with E-state index in [4.69, 9.17) is 21.1 Å². The Morgan fingerprint density at radius 1 is 1.22 bits per heavy atom. The molecule has 6 nitrogen and oxygen atoms in total. The van der Waals surface area contributed by atoms with Crippen LogP contribution in [0.1, 0.15) is 25.0 Å². The van der Waals surface area contributed by atoms with E-state index >= 15 is 0 Å². The molecule has 1 fully saturated rings. The van der Waals surface area contributed by atoms with Crippen molar-refractivity contribution in [1.82, 2.24) is 4.90 Å². The predicted molar refractivity (Wildman–Crippen MR) is 121 cm³/mol. The molecule has 0 bridgehead atoms. The second-order valence-corrected chi connectivity index (χ2v) is 8.81. The second kappa shape index (κ2) is 10.7. The Balaban J connectivity index is 1.67. The van der Waals surface area contributed by atoms with Crippen molar-refractivity contribution >= 4 is 46.6 Å². The topological polar surface area (TPSA) is 72.9 Å². The maximum absolute atomic E-state index is 13.9. The Morgan fingerprint density at radius 2 is 1.97 bits per heavy atom. The first-order valence-electron chi connectivity index (χ1n) is 9.81. The van der Waals surface area contributed by atoms with Gasteiger partial charge in [0, 0.05) is 5.56 Å². The third kappa shape index (κ3) is 6.11. The molecule has 0 spiro atoms. The van der Waals surface area contributed by atoms with E-state index in [9.17, 15) is 18.8 Å². The number of carbonyl (C=O) groups excluding carboxylic acids is 3. The van der Waals surface area contributed by atoms with Crippen molar-refractivity contribution in [3.05, 3.63) is 69.3 Å². The zero-order valence-electron chi connectivity index (χ0n) is 17.5. The van der Waals surface area contributed by atoms with Gasteiger partial charge in [-0.15, -0.1) is 0 Å². The first-order valence-corrected chi connectivity index (χ1v) is 11.0. The van der Waals surface area contributed by atoms with Gasteiger partial charge in [0.25, 0.3) is 11.1 Å². The zero-order chi connectivity index (χ0) is 23.3. The summed E-state index contributed by atoms with van der Waals surface area (Å²) in [5.41, 5.74) is 0.847. The van der Waals surface area contributed by atoms with Crippen molar-refractivity contribution < 1.29 is 28.2 Å². The largest absolute Gasteiger partial charge is 0.489 e. The van der Waals surface area contributed by atoms with Gasteiger partial charge < -0.3 is 9.47 Å². The minimum Gasteiger partial charge on any atom is -0.489 e. The summed E-state index contributed by atoms with van der Waals surface area (Å²) in [6, 6.07) is 11.2. The molecule has 0 unspecified atom stereocenters. The van der Waals surface area contributed by atoms with Gasteiger partial charge in [-0.05, 0) is 53.6 Å². The monoisotopic (exact) mass is 477 g/mol. The first kappa shape index (κ1) is 23.8. The minimum absolute atomic E-state index is 0.0655. The fourth-order valence-electron chi connectivity index (χ4n) is 2.74. The van der Waals surface area contributed by atoms with Crippen LogP contribution < -0.4 is 4.74 Å². The Hall–Kier alpha value is -2.84. The van der Waals surface area contributed by atoms with Crippen molar-refractivity contribution in [1.29, 1.82) is 0 Å². The van der Waals surface area contributed by atoms with Crippen LogP contribution in [0, 0.1) is 11.7 Å². The SMILES string of the molecule is CC(C)COC(=O)CN1C(=O)S/C(=C/c2cccc(OCc3c(F)cccc3Cl)c2)C1=O. The van der Waals surface area contributed by atoms with Crippen molar-refractivity contribution in [2.24, 2.45) is 5.92 Å². The number of rotatable bonds is 8. The van der Waals surface area contributed by atoms with Gasteiger partial charge in [0.05, 0.1) is 16.5 Å². The summed E-state index contributed by atoms with van der Waals surface area (Å²) < 4.78 is 24.6. The molecule has 32 heavy (non-hydrogen) atoms. The fourth-order valence-corrected chi connectivity index (χ4v) is 3.80. The van der Waals surface area contributed by atoms with Crippen LogP contribution in [0.15, 0.2) is 47.4 Å². The van der Waals surface area contributed by atoms with Crippen LogP contribution in [0.4, 0.5) is 9.18 Å². The summed E-state index contributed by atoms with van der Waals surface area (Å²) >= 11 is 6.76. The molecule has 1 aliphatic rings. The lowest BCUT2D eigenvalue weighted by atomic mass is 10.2. The molecular formula is C23H21ClFNO5S. The molecule has 2 aromatic rings. The van der Waals surface area contributed by atoms with Crippen LogP contribution in [0.5, 0.6) is 5.75 Å². The molecule has 0 aliphatic carbocycles. The molecule has 1 aliphatic heterocycles. The third-order valence-electron chi connectivity index (χ3n) is 4.34. The predicted octanol–water partition coefficient (Wildman–Crippen LogP) is 5.29. The molecule has 168 valence electrons. The quantitative estimate of drug-likeness (QED) is 0.380. The number of amides is 2. The van der Waals surface area contributed by atoms with Crippen molar-refractivity contribution in [2.45, 2.75) is 20.5 Å². The molecule has 2 amide bonds.